The van der Waals surface area contributed by atoms with Crippen molar-refractivity contribution in [2.24, 2.45) is 4.99 Å². The van der Waals surface area contributed by atoms with E-state index in [1.54, 1.807) is 7.05 Å². The van der Waals surface area contributed by atoms with Gasteiger partial charge in [0, 0.05) is 44.9 Å². The zero-order chi connectivity index (χ0) is 20.2. The first-order valence-corrected chi connectivity index (χ1v) is 10.3. The summed E-state index contributed by atoms with van der Waals surface area (Å²) in [4.78, 5) is 6.57. The molecule has 0 aliphatic rings. The van der Waals surface area contributed by atoms with Crippen molar-refractivity contribution in [3.05, 3.63) is 47.9 Å². The van der Waals surface area contributed by atoms with Gasteiger partial charge in [0.05, 0.1) is 12.2 Å². The third-order valence-corrected chi connectivity index (χ3v) is 5.04. The molecule has 0 spiro atoms. The van der Waals surface area contributed by atoms with Crippen LogP contribution in [-0.4, -0.2) is 38.3 Å². The summed E-state index contributed by atoms with van der Waals surface area (Å²) in [7, 11) is 3.92. The Labute approximate surface area is 192 Å². The molecule has 0 radical (unpaired) electrons. The van der Waals surface area contributed by atoms with Crippen LogP contribution in [0.3, 0.4) is 0 Å². The number of unbranched alkanes of at least 4 members (excludes halogenated alkanes) is 1. The highest BCUT2D eigenvalue weighted by Gasteiger charge is 2.13. The Kier molecular flexibility index (Phi) is 12.4. The van der Waals surface area contributed by atoms with Crippen molar-refractivity contribution in [3.8, 4) is 0 Å². The Morgan fingerprint density at radius 3 is 2.52 bits per heavy atom. The molecule has 0 saturated carbocycles. The second kappa shape index (κ2) is 14.3. The maximum absolute atomic E-state index is 5.45. The van der Waals surface area contributed by atoms with Crippen LogP contribution in [0.25, 0.3) is 0 Å². The normalized spacial score (nSPS) is 11.3. The van der Waals surface area contributed by atoms with E-state index in [-0.39, 0.29) is 24.0 Å². The van der Waals surface area contributed by atoms with Crippen molar-refractivity contribution in [2.45, 2.75) is 52.0 Å². The van der Waals surface area contributed by atoms with Crippen LogP contribution in [0.5, 0.6) is 0 Å². The van der Waals surface area contributed by atoms with E-state index in [0.717, 1.165) is 56.2 Å². The van der Waals surface area contributed by atoms with Gasteiger partial charge in [0.2, 0.25) is 0 Å². The molecule has 1 aromatic heterocycles. The molecule has 2 N–H and O–H groups in total. The van der Waals surface area contributed by atoms with Gasteiger partial charge in [-0.05, 0) is 37.8 Å². The van der Waals surface area contributed by atoms with Crippen LogP contribution in [0, 0.1) is 0 Å². The smallest absolute Gasteiger partial charge is 0.191 e. The van der Waals surface area contributed by atoms with Crippen molar-refractivity contribution >= 4 is 35.6 Å². The highest BCUT2D eigenvalue weighted by atomic mass is 127. The molecule has 162 valence electrons. The van der Waals surface area contributed by atoms with Crippen molar-refractivity contribution in [2.75, 3.05) is 32.1 Å². The number of nitrogens with zero attached hydrogens (tertiary/aromatic N) is 3. The number of aliphatic imine (C=N–C) groups is 1. The van der Waals surface area contributed by atoms with Crippen LogP contribution in [0.2, 0.25) is 0 Å². The Balaban J connectivity index is 0.00000420. The third-order valence-electron chi connectivity index (χ3n) is 5.04. The molecule has 1 aromatic carbocycles. The van der Waals surface area contributed by atoms with E-state index in [9.17, 15) is 0 Å². The molecule has 0 saturated heterocycles. The molecule has 2 rings (SSSR count). The number of nitrogens with one attached hydrogen (secondary N) is 2. The Hall–Kier alpha value is -1.77. The second-order valence-electron chi connectivity index (χ2n) is 7.05. The summed E-state index contributed by atoms with van der Waals surface area (Å²) in [6, 6.07) is 12.5. The molecule has 0 aliphatic heterocycles. The van der Waals surface area contributed by atoms with Crippen molar-refractivity contribution < 1.29 is 4.52 Å². The van der Waals surface area contributed by atoms with Gasteiger partial charge in [0.1, 0.15) is 0 Å². The zero-order valence-corrected chi connectivity index (χ0v) is 20.5. The first-order valence-electron chi connectivity index (χ1n) is 10.3. The summed E-state index contributed by atoms with van der Waals surface area (Å²) >= 11 is 0. The summed E-state index contributed by atoms with van der Waals surface area (Å²) in [5.74, 6) is 2.11. The van der Waals surface area contributed by atoms with Gasteiger partial charge < -0.3 is 20.1 Å². The van der Waals surface area contributed by atoms with Crippen LogP contribution in [0.4, 0.5) is 5.69 Å². The fourth-order valence-corrected chi connectivity index (χ4v) is 3.20. The van der Waals surface area contributed by atoms with Crippen LogP contribution in [-0.2, 0) is 6.54 Å². The van der Waals surface area contributed by atoms with Gasteiger partial charge in [-0.3, -0.25) is 4.99 Å². The number of guanidine groups is 1. The van der Waals surface area contributed by atoms with Crippen LogP contribution in [0.1, 0.15) is 56.9 Å². The lowest BCUT2D eigenvalue weighted by Gasteiger charge is -2.19. The summed E-state index contributed by atoms with van der Waals surface area (Å²) in [6.45, 7) is 6.88. The lowest BCUT2D eigenvalue weighted by Crippen LogP contribution is -2.37. The minimum atomic E-state index is 0. The average molecular weight is 513 g/mol. The molecule has 2 aromatic rings. The molecule has 0 unspecified atom stereocenters. The Morgan fingerprint density at radius 2 is 1.86 bits per heavy atom. The molecule has 7 heteroatoms. The maximum Gasteiger partial charge on any atom is 0.191 e. The molecular weight excluding hydrogens is 477 g/mol. The number of aromatic nitrogens is 1. The minimum Gasteiger partial charge on any atom is -0.375 e. The third kappa shape index (κ3) is 8.64. The molecule has 0 fully saturated rings. The monoisotopic (exact) mass is 513 g/mol. The first kappa shape index (κ1) is 25.3. The van der Waals surface area contributed by atoms with Gasteiger partial charge in [-0.15, -0.1) is 24.0 Å². The minimum absolute atomic E-state index is 0. The van der Waals surface area contributed by atoms with E-state index in [1.807, 2.05) is 6.07 Å². The van der Waals surface area contributed by atoms with Crippen molar-refractivity contribution in [3.63, 3.8) is 0 Å². The molecule has 29 heavy (non-hydrogen) atoms. The van der Waals surface area contributed by atoms with Crippen LogP contribution >= 0.6 is 24.0 Å². The molecular formula is C22H36IN5O. The Bertz CT molecular complexity index is 700. The quantitative estimate of drug-likeness (QED) is 0.196. The van der Waals surface area contributed by atoms with Crippen LogP contribution in [0.15, 0.2) is 45.9 Å². The summed E-state index contributed by atoms with van der Waals surface area (Å²) in [5, 5.41) is 10.9. The summed E-state index contributed by atoms with van der Waals surface area (Å²) in [6.07, 6.45) is 4.37. The summed E-state index contributed by atoms with van der Waals surface area (Å²) in [5.41, 5.74) is 2.31. The Morgan fingerprint density at radius 1 is 1.14 bits per heavy atom. The maximum atomic E-state index is 5.45. The van der Waals surface area contributed by atoms with Gasteiger partial charge in [0.25, 0.3) is 0 Å². The first-order chi connectivity index (χ1) is 13.7. The second-order valence-corrected chi connectivity index (χ2v) is 7.05. The number of rotatable bonds is 11. The fraction of sp³-hybridized carbons (Fsp3) is 0.545. The lowest BCUT2D eigenvalue weighted by molar-refractivity contribution is 0.368. The number of halogens is 1. The fourth-order valence-electron chi connectivity index (χ4n) is 3.20. The highest BCUT2D eigenvalue weighted by Crippen LogP contribution is 2.22. The van der Waals surface area contributed by atoms with Gasteiger partial charge in [-0.1, -0.05) is 37.2 Å². The predicted octanol–water partition coefficient (Wildman–Crippen LogP) is 4.78. The van der Waals surface area contributed by atoms with E-state index < -0.39 is 0 Å². The van der Waals surface area contributed by atoms with Gasteiger partial charge in [0.15, 0.2) is 11.7 Å². The molecule has 0 amide bonds. The number of hydrogen-bond acceptors (Lipinski definition) is 4. The van der Waals surface area contributed by atoms with Gasteiger partial charge in [-0.25, -0.2) is 0 Å². The standard InChI is InChI=1S/C22H35N5O.HI/c1-5-18(6-2)21-16-20(28-26-21)17-25-22(23-3)24-14-10-11-15-27(4)19-12-8-7-9-13-19;/h7-9,12-13,16,18H,5-6,10-11,14-15,17H2,1-4H3,(H2,23,24,25);1H. The topological polar surface area (TPSA) is 65.7 Å². The molecule has 6 nitrogen and oxygen atoms in total. The average Bonchev–Trinajstić information content (AvgIpc) is 3.20. The van der Waals surface area contributed by atoms with Gasteiger partial charge in [-0.2, -0.15) is 0 Å². The summed E-state index contributed by atoms with van der Waals surface area (Å²) < 4.78 is 5.45. The number of anilines is 1. The lowest BCUT2D eigenvalue weighted by atomic mass is 9.99. The number of hydrogen-bond donors (Lipinski definition) is 2. The molecule has 1 heterocycles. The molecule has 0 atom stereocenters. The number of para-hydroxylation sites is 1. The van der Waals surface area contributed by atoms with Crippen LogP contribution < -0.4 is 15.5 Å². The van der Waals surface area contributed by atoms with E-state index in [2.05, 4.69) is 76.9 Å². The van der Waals surface area contributed by atoms with E-state index in [0.29, 0.717) is 12.5 Å². The molecule has 0 bridgehead atoms. The van der Waals surface area contributed by atoms with E-state index in [1.165, 1.54) is 5.69 Å². The highest BCUT2D eigenvalue weighted by molar-refractivity contribution is 14.0. The van der Waals surface area contributed by atoms with E-state index >= 15 is 0 Å². The molecule has 0 aliphatic carbocycles. The van der Waals surface area contributed by atoms with E-state index in [4.69, 9.17) is 4.52 Å². The number of benzene rings is 1. The van der Waals surface area contributed by atoms with Crippen molar-refractivity contribution in [1.29, 1.82) is 0 Å². The van der Waals surface area contributed by atoms with Gasteiger partial charge >= 0.3 is 0 Å². The SMILES string of the molecule is CCC(CC)c1cc(CNC(=NC)NCCCCN(C)c2ccccc2)on1.I. The van der Waals surface area contributed by atoms with Crippen molar-refractivity contribution in [1.82, 2.24) is 15.8 Å². The largest absolute Gasteiger partial charge is 0.375 e. The predicted molar refractivity (Wildman–Crippen MR) is 132 cm³/mol. The zero-order valence-electron chi connectivity index (χ0n) is 18.1.